The molecule has 3 heterocycles. The monoisotopic (exact) mass is 404 g/mol. The number of hydrogen-bond acceptors (Lipinski definition) is 6. The van der Waals surface area contributed by atoms with Gasteiger partial charge in [-0.1, -0.05) is 13.8 Å². The van der Waals surface area contributed by atoms with E-state index in [4.69, 9.17) is 4.74 Å². The molecule has 3 atom stereocenters. The fourth-order valence-electron chi connectivity index (χ4n) is 3.63. The lowest BCUT2D eigenvalue weighted by Gasteiger charge is -2.41. The Morgan fingerprint density at radius 2 is 2.07 bits per heavy atom. The molecule has 1 fully saturated rings. The molecule has 0 bridgehead atoms. The first-order valence-corrected chi connectivity index (χ1v) is 9.57. The van der Waals surface area contributed by atoms with Gasteiger partial charge in [-0.25, -0.2) is 0 Å². The summed E-state index contributed by atoms with van der Waals surface area (Å²) in [5.41, 5.74) is -0.386. The van der Waals surface area contributed by atoms with E-state index in [9.17, 15) is 23.1 Å². The number of β-amino-alcohol motifs (C(OH)–C–C–N with tert-alkyl or cyclic N) is 1. The fourth-order valence-corrected chi connectivity index (χ4v) is 3.63. The second-order valence-corrected chi connectivity index (χ2v) is 7.83. The van der Waals surface area contributed by atoms with Crippen LogP contribution in [0, 0.1) is 5.92 Å². The SMILES string of the molecule is CC(C)[C@H](O)CN1c2nc(N3CCOC[C@H]3C)cc(=O)n2CCC1C(F)(F)F. The van der Waals surface area contributed by atoms with Gasteiger partial charge in [-0.2, -0.15) is 18.2 Å². The molecule has 3 rings (SSSR count). The van der Waals surface area contributed by atoms with Crippen molar-refractivity contribution in [3.05, 3.63) is 16.4 Å². The summed E-state index contributed by atoms with van der Waals surface area (Å²) in [5.74, 6) is 0.0896. The Labute approximate surface area is 161 Å². The molecule has 1 saturated heterocycles. The zero-order valence-corrected chi connectivity index (χ0v) is 16.3. The number of aliphatic hydroxyl groups excluding tert-OH is 1. The minimum atomic E-state index is -4.48. The average molecular weight is 404 g/mol. The number of rotatable bonds is 4. The molecular formula is C18H27F3N4O3. The largest absolute Gasteiger partial charge is 0.408 e. The highest BCUT2D eigenvalue weighted by Crippen LogP contribution is 2.34. The van der Waals surface area contributed by atoms with Crippen molar-refractivity contribution >= 4 is 11.8 Å². The Hall–Kier alpha value is -1.81. The van der Waals surface area contributed by atoms with Crippen LogP contribution in [0.4, 0.5) is 24.9 Å². The Balaban J connectivity index is 2.05. The van der Waals surface area contributed by atoms with E-state index in [1.807, 2.05) is 11.8 Å². The maximum Gasteiger partial charge on any atom is 0.408 e. The van der Waals surface area contributed by atoms with Gasteiger partial charge in [0.15, 0.2) is 0 Å². The number of fused-ring (bicyclic) bond motifs is 1. The molecule has 1 aromatic heterocycles. The smallest absolute Gasteiger partial charge is 0.391 e. The molecule has 1 N–H and O–H groups in total. The summed E-state index contributed by atoms with van der Waals surface area (Å²) < 4.78 is 47.7. The van der Waals surface area contributed by atoms with Crippen molar-refractivity contribution in [3.8, 4) is 0 Å². The zero-order valence-electron chi connectivity index (χ0n) is 16.3. The highest BCUT2D eigenvalue weighted by molar-refractivity contribution is 5.47. The van der Waals surface area contributed by atoms with Crippen molar-refractivity contribution in [3.63, 3.8) is 0 Å². The molecule has 7 nitrogen and oxygen atoms in total. The quantitative estimate of drug-likeness (QED) is 0.823. The Kier molecular flexibility index (Phi) is 5.90. The molecule has 28 heavy (non-hydrogen) atoms. The molecule has 0 aromatic carbocycles. The zero-order chi connectivity index (χ0) is 20.6. The van der Waals surface area contributed by atoms with E-state index >= 15 is 0 Å². The Morgan fingerprint density at radius 3 is 2.68 bits per heavy atom. The van der Waals surface area contributed by atoms with Crippen molar-refractivity contribution in [2.75, 3.05) is 36.1 Å². The van der Waals surface area contributed by atoms with Crippen LogP contribution in [-0.2, 0) is 11.3 Å². The van der Waals surface area contributed by atoms with Crippen LogP contribution in [0.1, 0.15) is 27.2 Å². The van der Waals surface area contributed by atoms with Gasteiger partial charge in [-0.05, 0) is 19.3 Å². The summed E-state index contributed by atoms with van der Waals surface area (Å²) in [6.07, 6.45) is -5.71. The van der Waals surface area contributed by atoms with E-state index in [-0.39, 0.29) is 43.0 Å². The number of alkyl halides is 3. The lowest BCUT2D eigenvalue weighted by Crippen LogP contribution is -2.55. The van der Waals surface area contributed by atoms with Crippen LogP contribution in [0.25, 0.3) is 0 Å². The first-order chi connectivity index (χ1) is 13.1. The van der Waals surface area contributed by atoms with Crippen LogP contribution in [-0.4, -0.2) is 65.3 Å². The second-order valence-electron chi connectivity index (χ2n) is 7.83. The summed E-state index contributed by atoms with van der Waals surface area (Å²) in [7, 11) is 0. The maximum absolute atomic E-state index is 13.7. The van der Waals surface area contributed by atoms with E-state index in [2.05, 4.69) is 4.98 Å². The molecule has 158 valence electrons. The second kappa shape index (κ2) is 7.90. The Morgan fingerprint density at radius 1 is 1.36 bits per heavy atom. The van der Waals surface area contributed by atoms with E-state index < -0.39 is 18.3 Å². The van der Waals surface area contributed by atoms with Crippen molar-refractivity contribution in [1.82, 2.24) is 9.55 Å². The normalized spacial score (nSPS) is 24.4. The van der Waals surface area contributed by atoms with Crippen LogP contribution in [0.2, 0.25) is 0 Å². The van der Waals surface area contributed by atoms with E-state index in [1.54, 1.807) is 13.8 Å². The van der Waals surface area contributed by atoms with E-state index in [0.29, 0.717) is 25.6 Å². The van der Waals surface area contributed by atoms with Gasteiger partial charge in [0.25, 0.3) is 5.56 Å². The van der Waals surface area contributed by atoms with Crippen LogP contribution < -0.4 is 15.4 Å². The number of aliphatic hydroxyl groups is 1. The van der Waals surface area contributed by atoms with Gasteiger partial charge < -0.3 is 19.6 Å². The number of morpholine rings is 1. The summed E-state index contributed by atoms with van der Waals surface area (Å²) in [6.45, 7) is 6.53. The molecule has 0 spiro atoms. The first kappa shape index (κ1) is 20.9. The number of hydrogen-bond donors (Lipinski definition) is 1. The van der Waals surface area contributed by atoms with E-state index in [0.717, 1.165) is 4.90 Å². The third kappa shape index (κ3) is 4.12. The third-order valence-corrected chi connectivity index (χ3v) is 5.43. The summed E-state index contributed by atoms with van der Waals surface area (Å²) in [4.78, 5) is 20.0. The Bertz CT molecular complexity index is 753. The van der Waals surface area contributed by atoms with Crippen molar-refractivity contribution < 1.29 is 23.0 Å². The van der Waals surface area contributed by atoms with Gasteiger partial charge in [0, 0.05) is 25.7 Å². The predicted octanol–water partition coefficient (Wildman–Crippen LogP) is 1.63. The molecule has 1 unspecified atom stereocenters. The van der Waals surface area contributed by atoms with Gasteiger partial charge in [0.2, 0.25) is 5.95 Å². The predicted molar refractivity (Wildman–Crippen MR) is 98.8 cm³/mol. The van der Waals surface area contributed by atoms with Gasteiger partial charge in [0.1, 0.15) is 11.9 Å². The summed E-state index contributed by atoms with van der Waals surface area (Å²) >= 11 is 0. The molecule has 1 aromatic rings. The number of halogens is 3. The average Bonchev–Trinajstić information content (AvgIpc) is 2.61. The third-order valence-electron chi connectivity index (χ3n) is 5.43. The van der Waals surface area contributed by atoms with Crippen LogP contribution in [0.15, 0.2) is 10.9 Å². The van der Waals surface area contributed by atoms with Crippen LogP contribution in [0.5, 0.6) is 0 Å². The number of nitrogens with zero attached hydrogens (tertiary/aromatic N) is 4. The number of aromatic nitrogens is 2. The van der Waals surface area contributed by atoms with Crippen LogP contribution >= 0.6 is 0 Å². The lowest BCUT2D eigenvalue weighted by atomic mass is 10.0. The summed E-state index contributed by atoms with van der Waals surface area (Å²) in [5, 5.41) is 10.3. The number of ether oxygens (including phenoxy) is 1. The van der Waals surface area contributed by atoms with Crippen LogP contribution in [0.3, 0.4) is 0 Å². The molecule has 0 saturated carbocycles. The van der Waals surface area contributed by atoms with Crippen molar-refractivity contribution in [1.29, 1.82) is 0 Å². The lowest BCUT2D eigenvalue weighted by molar-refractivity contribution is -0.153. The summed E-state index contributed by atoms with van der Waals surface area (Å²) in [6, 6.07) is -0.457. The highest BCUT2D eigenvalue weighted by atomic mass is 19.4. The van der Waals surface area contributed by atoms with Gasteiger partial charge in [0.05, 0.1) is 25.4 Å². The molecule has 10 heteroatoms. The fraction of sp³-hybridized carbons (Fsp3) is 0.778. The van der Waals surface area contributed by atoms with Crippen molar-refractivity contribution in [2.24, 2.45) is 5.92 Å². The molecule has 0 aliphatic carbocycles. The van der Waals surface area contributed by atoms with Gasteiger partial charge in [-0.3, -0.25) is 9.36 Å². The minimum Gasteiger partial charge on any atom is -0.391 e. The molecule has 0 amide bonds. The highest BCUT2D eigenvalue weighted by Gasteiger charge is 2.47. The maximum atomic E-state index is 13.7. The minimum absolute atomic E-state index is 0.0329. The molecular weight excluding hydrogens is 377 g/mol. The van der Waals surface area contributed by atoms with Gasteiger partial charge >= 0.3 is 6.18 Å². The van der Waals surface area contributed by atoms with Crippen molar-refractivity contribution in [2.45, 2.75) is 58.1 Å². The number of anilines is 2. The van der Waals surface area contributed by atoms with E-state index in [1.165, 1.54) is 10.6 Å². The molecule has 0 radical (unpaired) electrons. The topological polar surface area (TPSA) is 70.8 Å². The molecule has 2 aliphatic rings. The standard InChI is InChI=1S/C18H27F3N4O3/c1-11(2)13(26)9-25-14(18(19,20)21)4-5-24-16(27)8-15(22-17(24)25)23-6-7-28-10-12(23)3/h8,11-14,26H,4-7,9-10H2,1-3H3/t12-,13-,14?/m1/s1. The molecule has 2 aliphatic heterocycles. The van der Waals surface area contributed by atoms with Gasteiger partial charge in [-0.15, -0.1) is 0 Å². The first-order valence-electron chi connectivity index (χ1n) is 9.57.